The first-order chi connectivity index (χ1) is 19.0. The van der Waals surface area contributed by atoms with Gasteiger partial charge in [-0.25, -0.2) is 15.0 Å². The topological polar surface area (TPSA) is 74.3 Å². The molecule has 0 atom stereocenters. The van der Waals surface area contributed by atoms with E-state index in [0.29, 0.717) is 11.4 Å². The number of hydrogen-bond acceptors (Lipinski definition) is 6. The Morgan fingerprint density at radius 3 is 1.55 bits per heavy atom. The summed E-state index contributed by atoms with van der Waals surface area (Å²) in [5, 5.41) is 6.85. The van der Waals surface area contributed by atoms with Gasteiger partial charge in [-0.05, 0) is 65.6 Å². The van der Waals surface area contributed by atoms with E-state index >= 15 is 0 Å². The first-order valence-electron chi connectivity index (χ1n) is 11.9. The molecule has 0 bridgehead atoms. The van der Waals surface area contributed by atoms with E-state index in [1.807, 2.05) is 13.8 Å². The van der Waals surface area contributed by atoms with Crippen LogP contribution in [0.3, 0.4) is 0 Å². The maximum atomic E-state index is 12.4. The molecule has 0 amide bonds. The Hall–Kier alpha value is -3.14. The lowest BCUT2D eigenvalue weighted by atomic mass is 10.2. The highest BCUT2D eigenvalue weighted by atomic mass is 35.5. The largest absolute Gasteiger partial charge is 0.435 e. The molecule has 42 heavy (non-hydrogen) atoms. The van der Waals surface area contributed by atoms with Crippen LogP contribution in [0.15, 0.2) is 17.9 Å². The fourth-order valence-electron chi connectivity index (χ4n) is 3.31. The predicted molar refractivity (Wildman–Crippen MR) is 143 cm³/mol. The minimum absolute atomic E-state index is 0.199. The van der Waals surface area contributed by atoms with E-state index in [0.717, 1.165) is 21.7 Å². The van der Waals surface area contributed by atoms with Gasteiger partial charge in [-0.2, -0.15) is 45.3 Å². The van der Waals surface area contributed by atoms with E-state index in [9.17, 15) is 35.1 Å². The monoisotopic (exact) mass is 647 g/mol. The standard InChI is InChI=1S/2C7H9F3N2.C6H5ClF2N2.C5H7NS/c1-4-5(2)12(3)11-6(4)7(8,9)10;1-4-5(2)11-12(3)6(4)7(8,9)10;1-4-2-10-3-11-5(4)6(7,8)9;1-4-3-7-5(2)6-4/h2*1-3H3;2-3H,1H3;3H,1-2H3. The number of halogens is 9. The molecular weight excluding hydrogens is 618 g/mol. The number of alkyl halides is 9. The molecule has 17 heteroatoms. The molecule has 0 unspecified atom stereocenters. The van der Waals surface area contributed by atoms with Gasteiger partial charge in [0.2, 0.25) is 0 Å². The van der Waals surface area contributed by atoms with Crippen LogP contribution in [0.5, 0.6) is 0 Å². The van der Waals surface area contributed by atoms with Gasteiger partial charge in [-0.15, -0.1) is 11.3 Å². The fourth-order valence-corrected chi connectivity index (χ4v) is 4.10. The average Bonchev–Trinajstić information content (AvgIpc) is 3.43. The van der Waals surface area contributed by atoms with Crippen LogP contribution in [0.25, 0.3) is 0 Å². The van der Waals surface area contributed by atoms with Gasteiger partial charge in [-0.1, -0.05) is 0 Å². The Morgan fingerprint density at radius 2 is 1.33 bits per heavy atom. The third kappa shape index (κ3) is 10.6. The van der Waals surface area contributed by atoms with Crippen molar-refractivity contribution in [1.29, 1.82) is 0 Å². The van der Waals surface area contributed by atoms with Crippen molar-refractivity contribution in [3.63, 3.8) is 0 Å². The van der Waals surface area contributed by atoms with Crippen molar-refractivity contribution >= 4 is 22.9 Å². The van der Waals surface area contributed by atoms with Crippen molar-refractivity contribution in [3.8, 4) is 0 Å². The number of thiazole rings is 1. The van der Waals surface area contributed by atoms with E-state index in [-0.39, 0.29) is 16.7 Å². The third-order valence-electron chi connectivity index (χ3n) is 5.59. The second-order valence-corrected chi connectivity index (χ2v) is 10.5. The van der Waals surface area contributed by atoms with Crippen LogP contribution in [-0.4, -0.2) is 34.5 Å². The molecule has 0 aromatic carbocycles. The van der Waals surface area contributed by atoms with Crippen LogP contribution in [0.4, 0.5) is 35.1 Å². The summed E-state index contributed by atoms with van der Waals surface area (Å²) in [5.74, 6) is 0. The number of aromatic nitrogens is 7. The number of rotatable bonds is 1. The molecular formula is C25H30ClF8N7S. The minimum atomic E-state index is -4.34. The molecule has 0 spiro atoms. The Balaban J connectivity index is 0.000000285. The molecule has 4 rings (SSSR count). The number of hydrogen-bond donors (Lipinski definition) is 0. The van der Waals surface area contributed by atoms with Gasteiger partial charge < -0.3 is 0 Å². The van der Waals surface area contributed by atoms with Crippen molar-refractivity contribution in [2.75, 3.05) is 0 Å². The number of aryl methyl sites for hydroxylation is 6. The lowest BCUT2D eigenvalue weighted by molar-refractivity contribution is -0.144. The lowest BCUT2D eigenvalue weighted by Gasteiger charge is -2.07. The smallest absolute Gasteiger partial charge is 0.272 e. The van der Waals surface area contributed by atoms with E-state index in [1.165, 1.54) is 45.7 Å². The Bertz CT molecular complexity index is 1430. The second kappa shape index (κ2) is 14.4. The quantitative estimate of drug-likeness (QED) is 0.155. The molecule has 4 aromatic rings. The maximum Gasteiger partial charge on any atom is 0.435 e. The summed E-state index contributed by atoms with van der Waals surface area (Å²) in [5.41, 5.74) is 0.883. The Kier molecular flexibility index (Phi) is 12.6. The average molecular weight is 648 g/mol. The third-order valence-corrected chi connectivity index (χ3v) is 6.66. The SMILES string of the molecule is Cc1c(C(F)(F)F)nn(C)c1C.Cc1cncnc1C(F)(F)Cl.Cc1csc(C)n1.Cc1nn(C)c(C(F)(F)F)c1C. The summed E-state index contributed by atoms with van der Waals surface area (Å²) < 4.78 is 100. The van der Waals surface area contributed by atoms with Crippen molar-refractivity contribution in [2.45, 2.75) is 66.2 Å². The lowest BCUT2D eigenvalue weighted by Crippen LogP contribution is -2.13. The molecule has 234 valence electrons. The van der Waals surface area contributed by atoms with Gasteiger partial charge >= 0.3 is 17.7 Å². The molecule has 0 aliphatic heterocycles. The summed E-state index contributed by atoms with van der Waals surface area (Å²) in [6.07, 6.45) is -6.31. The van der Waals surface area contributed by atoms with Crippen LogP contribution in [0, 0.1) is 48.5 Å². The molecule has 0 aliphatic carbocycles. The summed E-state index contributed by atoms with van der Waals surface area (Å²) in [7, 11) is 2.79. The van der Waals surface area contributed by atoms with E-state index in [2.05, 4.69) is 30.5 Å². The molecule has 4 aromatic heterocycles. The zero-order valence-corrected chi connectivity index (χ0v) is 25.7. The van der Waals surface area contributed by atoms with E-state index < -0.39 is 34.8 Å². The minimum Gasteiger partial charge on any atom is -0.272 e. The van der Waals surface area contributed by atoms with Crippen molar-refractivity contribution in [1.82, 2.24) is 34.5 Å². The van der Waals surface area contributed by atoms with Gasteiger partial charge in [0.25, 0.3) is 0 Å². The number of nitrogens with zero attached hydrogens (tertiary/aromatic N) is 7. The molecule has 0 N–H and O–H groups in total. The van der Waals surface area contributed by atoms with E-state index in [1.54, 1.807) is 25.2 Å². The highest BCUT2D eigenvalue weighted by Crippen LogP contribution is 2.33. The summed E-state index contributed by atoms with van der Waals surface area (Å²) >= 11 is 6.43. The summed E-state index contributed by atoms with van der Waals surface area (Å²) in [4.78, 5) is 11.0. The van der Waals surface area contributed by atoms with Crippen LogP contribution in [0.2, 0.25) is 0 Å². The van der Waals surface area contributed by atoms with Crippen molar-refractivity contribution in [3.05, 3.63) is 73.8 Å². The Morgan fingerprint density at radius 1 is 0.762 bits per heavy atom. The summed E-state index contributed by atoms with van der Waals surface area (Å²) in [6, 6.07) is 0. The van der Waals surface area contributed by atoms with Gasteiger partial charge in [0.1, 0.15) is 17.7 Å². The highest BCUT2D eigenvalue weighted by molar-refractivity contribution is 7.09. The highest BCUT2D eigenvalue weighted by Gasteiger charge is 2.37. The van der Waals surface area contributed by atoms with Gasteiger partial charge in [0.05, 0.1) is 10.7 Å². The molecule has 0 radical (unpaired) electrons. The zero-order chi connectivity index (χ0) is 32.8. The fraction of sp³-hybridized carbons (Fsp3) is 0.480. The normalized spacial score (nSPS) is 11.6. The van der Waals surface area contributed by atoms with Crippen LogP contribution >= 0.6 is 22.9 Å². The van der Waals surface area contributed by atoms with E-state index in [4.69, 9.17) is 11.6 Å². The van der Waals surface area contributed by atoms with Crippen molar-refractivity contribution < 1.29 is 35.1 Å². The van der Waals surface area contributed by atoms with Gasteiger partial charge in [-0.3, -0.25) is 9.36 Å². The molecule has 7 nitrogen and oxygen atoms in total. The maximum absolute atomic E-state index is 12.4. The zero-order valence-electron chi connectivity index (χ0n) is 24.2. The van der Waals surface area contributed by atoms with Gasteiger partial charge in [0.15, 0.2) is 5.69 Å². The first kappa shape index (κ1) is 36.9. The van der Waals surface area contributed by atoms with Crippen LogP contribution < -0.4 is 0 Å². The predicted octanol–water partition coefficient (Wildman–Crippen LogP) is 7.94. The molecule has 0 saturated heterocycles. The van der Waals surface area contributed by atoms with Crippen LogP contribution in [0.1, 0.15) is 55.9 Å². The molecule has 0 aliphatic rings. The Labute approximate surface area is 246 Å². The molecule has 4 heterocycles. The van der Waals surface area contributed by atoms with Crippen LogP contribution in [-0.2, 0) is 31.8 Å². The van der Waals surface area contributed by atoms with Gasteiger partial charge in [0, 0.05) is 48.2 Å². The van der Waals surface area contributed by atoms with Crippen molar-refractivity contribution in [2.24, 2.45) is 14.1 Å². The summed E-state index contributed by atoms with van der Waals surface area (Å²) in [6.45, 7) is 11.5. The molecule has 0 saturated carbocycles. The second-order valence-electron chi connectivity index (χ2n) is 8.92. The first-order valence-corrected chi connectivity index (χ1v) is 13.1. The molecule has 0 fully saturated rings.